The van der Waals surface area contributed by atoms with E-state index in [1.807, 2.05) is 11.8 Å². The lowest BCUT2D eigenvalue weighted by Gasteiger charge is -2.22. The molecule has 1 aromatic heterocycles. The predicted molar refractivity (Wildman–Crippen MR) is 67.6 cm³/mol. The van der Waals surface area contributed by atoms with Crippen molar-refractivity contribution < 1.29 is 0 Å². The Labute approximate surface area is 100 Å². The van der Waals surface area contributed by atoms with Crippen LogP contribution in [0.5, 0.6) is 0 Å². The number of thioether (sulfide) groups is 1. The van der Waals surface area contributed by atoms with Gasteiger partial charge in [0.1, 0.15) is 6.33 Å². The van der Waals surface area contributed by atoms with Gasteiger partial charge in [-0.1, -0.05) is 32.5 Å². The van der Waals surface area contributed by atoms with Crippen LogP contribution < -0.4 is 5.32 Å². The van der Waals surface area contributed by atoms with Gasteiger partial charge in [0.05, 0.1) is 0 Å². The Morgan fingerprint density at radius 2 is 2.33 bits per heavy atom. The summed E-state index contributed by atoms with van der Waals surface area (Å²) >= 11 is 3.29. The number of nitrogens with zero attached hydrogens (tertiary/aromatic N) is 2. The molecule has 0 amide bonds. The third-order valence-corrected chi connectivity index (χ3v) is 4.27. The summed E-state index contributed by atoms with van der Waals surface area (Å²) < 4.78 is 5.08. The van der Waals surface area contributed by atoms with Gasteiger partial charge in [0.15, 0.2) is 4.34 Å². The first-order valence-electron chi connectivity index (χ1n) is 5.44. The van der Waals surface area contributed by atoms with Gasteiger partial charge >= 0.3 is 0 Å². The van der Waals surface area contributed by atoms with E-state index >= 15 is 0 Å². The molecular weight excluding hydrogens is 226 g/mol. The van der Waals surface area contributed by atoms with Gasteiger partial charge in [0.25, 0.3) is 0 Å². The first-order valence-corrected chi connectivity index (χ1v) is 7.09. The van der Waals surface area contributed by atoms with Crippen molar-refractivity contribution in [1.29, 1.82) is 0 Å². The zero-order valence-corrected chi connectivity index (χ0v) is 11.2. The molecule has 15 heavy (non-hydrogen) atoms. The summed E-state index contributed by atoms with van der Waals surface area (Å²) in [6, 6.07) is 0.568. The molecule has 5 heteroatoms. The van der Waals surface area contributed by atoms with Gasteiger partial charge in [-0.05, 0) is 30.9 Å². The van der Waals surface area contributed by atoms with E-state index in [4.69, 9.17) is 0 Å². The molecule has 1 aromatic rings. The van der Waals surface area contributed by atoms with Gasteiger partial charge < -0.3 is 5.32 Å². The van der Waals surface area contributed by atoms with Gasteiger partial charge in [-0.3, -0.25) is 0 Å². The molecule has 0 spiro atoms. The third-order valence-electron chi connectivity index (χ3n) is 2.29. The maximum Gasteiger partial charge on any atom is 0.170 e. The number of rotatable bonds is 7. The molecule has 2 unspecified atom stereocenters. The maximum atomic E-state index is 4.20. The molecule has 0 saturated heterocycles. The van der Waals surface area contributed by atoms with Crippen molar-refractivity contribution in [2.75, 3.05) is 6.54 Å². The van der Waals surface area contributed by atoms with Crippen LogP contribution in [0.4, 0.5) is 0 Å². The van der Waals surface area contributed by atoms with Crippen molar-refractivity contribution in [2.24, 2.45) is 0 Å². The first-order chi connectivity index (χ1) is 7.27. The van der Waals surface area contributed by atoms with E-state index in [0.29, 0.717) is 11.3 Å². The summed E-state index contributed by atoms with van der Waals surface area (Å²) in [5.41, 5.74) is 0. The Morgan fingerprint density at radius 3 is 2.87 bits per heavy atom. The molecule has 1 N–H and O–H groups in total. The first kappa shape index (κ1) is 12.9. The van der Waals surface area contributed by atoms with Gasteiger partial charge in [-0.25, -0.2) is 4.98 Å². The summed E-state index contributed by atoms with van der Waals surface area (Å²) in [6.45, 7) is 7.77. The third kappa shape index (κ3) is 4.49. The maximum absolute atomic E-state index is 4.20. The number of hydrogen-bond acceptors (Lipinski definition) is 5. The van der Waals surface area contributed by atoms with Crippen LogP contribution in [-0.2, 0) is 0 Å². The minimum atomic E-state index is 0.550. The van der Waals surface area contributed by atoms with Crippen molar-refractivity contribution in [3.05, 3.63) is 6.33 Å². The van der Waals surface area contributed by atoms with E-state index in [1.54, 1.807) is 6.33 Å². The van der Waals surface area contributed by atoms with Crippen molar-refractivity contribution >= 4 is 23.3 Å². The Kier molecular flexibility index (Phi) is 6.20. The van der Waals surface area contributed by atoms with E-state index in [2.05, 4.69) is 35.4 Å². The Morgan fingerprint density at radius 1 is 1.53 bits per heavy atom. The van der Waals surface area contributed by atoms with Gasteiger partial charge in [0, 0.05) is 11.3 Å². The van der Waals surface area contributed by atoms with E-state index in [-0.39, 0.29) is 0 Å². The molecule has 0 aliphatic carbocycles. The standard InChI is InChI=1S/C10H19N3S2/c1-4-6-11-9(5-2)8(3)14-10-12-7-13-15-10/h7-9,11H,4-6H2,1-3H3. The van der Waals surface area contributed by atoms with Crippen molar-refractivity contribution in [1.82, 2.24) is 14.7 Å². The second-order valence-electron chi connectivity index (χ2n) is 3.50. The largest absolute Gasteiger partial charge is 0.313 e. The second kappa shape index (κ2) is 7.19. The summed E-state index contributed by atoms with van der Waals surface area (Å²) in [5, 5.41) is 4.12. The molecule has 0 fully saturated rings. The lowest BCUT2D eigenvalue weighted by molar-refractivity contribution is 0.494. The molecule has 0 aliphatic heterocycles. The van der Waals surface area contributed by atoms with Crippen molar-refractivity contribution in [3.63, 3.8) is 0 Å². The molecule has 0 aromatic carbocycles. The highest BCUT2D eigenvalue weighted by molar-refractivity contribution is 8.01. The number of nitrogens with one attached hydrogen (secondary N) is 1. The van der Waals surface area contributed by atoms with Crippen LogP contribution in [0.2, 0.25) is 0 Å². The second-order valence-corrected chi connectivity index (χ2v) is 5.90. The van der Waals surface area contributed by atoms with Crippen LogP contribution in [0.15, 0.2) is 10.7 Å². The van der Waals surface area contributed by atoms with Crippen molar-refractivity contribution in [3.8, 4) is 0 Å². The van der Waals surface area contributed by atoms with Crippen LogP contribution in [0.3, 0.4) is 0 Å². The highest BCUT2D eigenvalue weighted by Crippen LogP contribution is 2.26. The van der Waals surface area contributed by atoms with E-state index < -0.39 is 0 Å². The Balaban J connectivity index is 2.39. The van der Waals surface area contributed by atoms with E-state index in [1.165, 1.54) is 18.0 Å². The highest BCUT2D eigenvalue weighted by Gasteiger charge is 2.16. The normalized spacial score (nSPS) is 15.1. The van der Waals surface area contributed by atoms with Gasteiger partial charge in [-0.2, -0.15) is 4.37 Å². The minimum Gasteiger partial charge on any atom is -0.313 e. The number of hydrogen-bond donors (Lipinski definition) is 1. The molecular formula is C10H19N3S2. The zero-order chi connectivity index (χ0) is 11.1. The Hall–Kier alpha value is -0.130. The quantitative estimate of drug-likeness (QED) is 0.750. The molecule has 3 nitrogen and oxygen atoms in total. The summed E-state index contributed by atoms with van der Waals surface area (Å²) in [4.78, 5) is 4.20. The summed E-state index contributed by atoms with van der Waals surface area (Å²) in [7, 11) is 0. The monoisotopic (exact) mass is 245 g/mol. The van der Waals surface area contributed by atoms with Gasteiger partial charge in [0.2, 0.25) is 0 Å². The average Bonchev–Trinajstić information content (AvgIpc) is 2.71. The van der Waals surface area contributed by atoms with E-state index in [9.17, 15) is 0 Å². The molecule has 86 valence electrons. The van der Waals surface area contributed by atoms with Crippen molar-refractivity contribution in [2.45, 2.75) is 49.2 Å². The average molecular weight is 245 g/mol. The lowest BCUT2D eigenvalue weighted by atomic mass is 10.1. The SMILES string of the molecule is CCCNC(CC)C(C)Sc1ncns1. The molecule has 0 bridgehead atoms. The fraction of sp³-hybridized carbons (Fsp3) is 0.800. The summed E-state index contributed by atoms with van der Waals surface area (Å²) in [6.07, 6.45) is 3.97. The number of aromatic nitrogens is 2. The van der Waals surface area contributed by atoms with Gasteiger partial charge in [-0.15, -0.1) is 0 Å². The highest BCUT2D eigenvalue weighted by atomic mass is 32.2. The minimum absolute atomic E-state index is 0.550. The molecule has 0 radical (unpaired) electrons. The van der Waals surface area contributed by atoms with Crippen LogP contribution in [-0.4, -0.2) is 27.2 Å². The fourth-order valence-corrected chi connectivity index (χ4v) is 3.34. The predicted octanol–water partition coefficient (Wildman–Crippen LogP) is 2.80. The molecule has 0 aliphatic rings. The van der Waals surface area contributed by atoms with E-state index in [0.717, 1.165) is 17.3 Å². The molecule has 0 saturated carbocycles. The topological polar surface area (TPSA) is 37.8 Å². The smallest absolute Gasteiger partial charge is 0.170 e. The molecule has 2 atom stereocenters. The molecule has 1 rings (SSSR count). The van der Waals surface area contributed by atoms with Crippen LogP contribution in [0.25, 0.3) is 0 Å². The lowest BCUT2D eigenvalue weighted by Crippen LogP contribution is -2.36. The molecule has 1 heterocycles. The van der Waals surface area contributed by atoms with Crippen LogP contribution >= 0.6 is 23.3 Å². The summed E-state index contributed by atoms with van der Waals surface area (Å²) in [5.74, 6) is 0. The van der Waals surface area contributed by atoms with Crippen LogP contribution in [0.1, 0.15) is 33.6 Å². The zero-order valence-electron chi connectivity index (χ0n) is 9.56. The van der Waals surface area contributed by atoms with Crippen LogP contribution in [0, 0.1) is 0 Å². The Bertz CT molecular complexity index is 251. The fourth-order valence-electron chi connectivity index (χ4n) is 1.43.